The molecule has 2 aromatic heterocycles. The fraction of sp³-hybridized carbons (Fsp3) is 0.145. The number of aromatic nitrogens is 3. The fourth-order valence-electron chi connectivity index (χ4n) is 9.22. The van der Waals surface area contributed by atoms with Crippen LogP contribution in [-0.2, 0) is 10.8 Å². The highest BCUT2D eigenvalue weighted by Crippen LogP contribution is 2.47. The first-order valence-electron chi connectivity index (χ1n) is 20.6. The van der Waals surface area contributed by atoms with Gasteiger partial charge in [0.25, 0.3) is 0 Å². The summed E-state index contributed by atoms with van der Waals surface area (Å²) in [5.74, 6) is 1.85. The maximum Gasteiger partial charge on any atom is 0.164 e. The Labute approximate surface area is 344 Å². The lowest BCUT2D eigenvalue weighted by molar-refractivity contribution is 0.332. The van der Waals surface area contributed by atoms with Crippen molar-refractivity contribution in [2.75, 3.05) is 0 Å². The molecule has 0 fully saturated rings. The van der Waals surface area contributed by atoms with Crippen LogP contribution < -0.4 is 0 Å². The predicted octanol–water partition coefficient (Wildman–Crippen LogP) is 14.8. The van der Waals surface area contributed by atoms with E-state index in [0.717, 1.165) is 55.1 Å². The first kappa shape index (κ1) is 35.3. The third-order valence-electron chi connectivity index (χ3n) is 12.8. The molecule has 59 heavy (non-hydrogen) atoms. The van der Waals surface area contributed by atoms with Gasteiger partial charge in [-0.05, 0) is 109 Å². The summed E-state index contributed by atoms with van der Waals surface area (Å²) in [6.45, 7) is 9.53. The van der Waals surface area contributed by atoms with Crippen molar-refractivity contribution in [1.82, 2.24) is 15.0 Å². The largest absolute Gasteiger partial charge is 0.456 e. The monoisotopic (exact) mass is 761 g/mol. The summed E-state index contributed by atoms with van der Waals surface area (Å²) < 4.78 is 6.55. The number of hydrogen-bond donors (Lipinski definition) is 0. The van der Waals surface area contributed by atoms with Gasteiger partial charge in [0.15, 0.2) is 17.5 Å². The van der Waals surface area contributed by atoms with Crippen LogP contribution >= 0.6 is 0 Å². The second kappa shape index (κ2) is 13.3. The first-order valence-corrected chi connectivity index (χ1v) is 20.6. The lowest BCUT2D eigenvalue weighted by Crippen LogP contribution is -2.33. The molecule has 1 aliphatic rings. The molecule has 4 nitrogen and oxygen atoms in total. The van der Waals surface area contributed by atoms with Gasteiger partial charge in [-0.2, -0.15) is 0 Å². The zero-order valence-corrected chi connectivity index (χ0v) is 33.8. The minimum Gasteiger partial charge on any atom is -0.456 e. The average molecular weight is 762 g/mol. The normalized spacial score (nSPS) is 14.6. The molecule has 0 saturated carbocycles. The van der Waals surface area contributed by atoms with E-state index in [1.165, 1.54) is 51.3 Å². The molecule has 11 rings (SSSR count). The summed E-state index contributed by atoms with van der Waals surface area (Å²) in [7, 11) is 0. The molecule has 0 atom stereocenters. The van der Waals surface area contributed by atoms with E-state index in [4.69, 9.17) is 19.4 Å². The van der Waals surface area contributed by atoms with Crippen LogP contribution in [0.2, 0.25) is 0 Å². The van der Waals surface area contributed by atoms with E-state index in [0.29, 0.717) is 17.5 Å². The van der Waals surface area contributed by atoms with E-state index in [2.05, 4.69) is 179 Å². The standard InChI is InChI=1S/C55H43N3O/c1-54(2)28-29-55(3,4)47-33-42(24-26-46(47)54)41-25-27-48-45(32-41)50-44(14-9-15-49(50)59-48)53-57-51(56-52(58-53)43-23-19-35-11-6-8-13-39(35)31-43)37-20-16-36(17-21-37)40-22-18-34-10-5-7-12-38(34)30-40/h5-27,30-33H,28-29H2,1-4H3. The van der Waals surface area contributed by atoms with Crippen molar-refractivity contribution in [2.45, 2.75) is 51.4 Å². The second-order valence-electron chi connectivity index (χ2n) is 17.5. The Morgan fingerprint density at radius 3 is 1.64 bits per heavy atom. The SMILES string of the molecule is CC1(C)CCC(C)(C)c2cc(-c3ccc4oc5cccc(-c6nc(-c7ccc(-c8ccc9ccccc9c8)cc7)nc(-c7ccc8ccccc8c7)n6)c5c4c3)ccc21. The van der Waals surface area contributed by atoms with Gasteiger partial charge in [-0.15, -0.1) is 0 Å². The highest BCUT2D eigenvalue weighted by atomic mass is 16.3. The van der Waals surface area contributed by atoms with Crippen molar-refractivity contribution in [3.8, 4) is 56.4 Å². The van der Waals surface area contributed by atoms with Gasteiger partial charge in [-0.25, -0.2) is 15.0 Å². The molecular formula is C55H43N3O. The third-order valence-corrected chi connectivity index (χ3v) is 12.8. The first-order chi connectivity index (χ1) is 28.7. The van der Waals surface area contributed by atoms with Crippen LogP contribution in [0.3, 0.4) is 0 Å². The molecule has 4 heteroatoms. The predicted molar refractivity (Wildman–Crippen MR) is 245 cm³/mol. The van der Waals surface area contributed by atoms with Crippen molar-refractivity contribution in [2.24, 2.45) is 0 Å². The van der Waals surface area contributed by atoms with Gasteiger partial charge in [0, 0.05) is 27.5 Å². The van der Waals surface area contributed by atoms with Crippen LogP contribution in [0.4, 0.5) is 0 Å². The summed E-state index contributed by atoms with van der Waals surface area (Å²) >= 11 is 0. The van der Waals surface area contributed by atoms with E-state index in [-0.39, 0.29) is 10.8 Å². The molecular weight excluding hydrogens is 719 g/mol. The maximum atomic E-state index is 6.55. The molecule has 8 aromatic carbocycles. The molecule has 0 unspecified atom stereocenters. The van der Waals surface area contributed by atoms with E-state index < -0.39 is 0 Å². The molecule has 0 spiro atoms. The van der Waals surface area contributed by atoms with E-state index >= 15 is 0 Å². The van der Waals surface area contributed by atoms with Gasteiger partial charge in [0.2, 0.25) is 0 Å². The number of furan rings is 1. The number of hydrogen-bond acceptors (Lipinski definition) is 4. The van der Waals surface area contributed by atoms with Crippen molar-refractivity contribution < 1.29 is 4.42 Å². The Kier molecular flexibility index (Phi) is 7.96. The van der Waals surface area contributed by atoms with Crippen molar-refractivity contribution in [3.05, 3.63) is 175 Å². The Morgan fingerprint density at radius 1 is 0.390 bits per heavy atom. The molecule has 0 aliphatic heterocycles. The van der Waals surface area contributed by atoms with E-state index in [9.17, 15) is 0 Å². The average Bonchev–Trinajstić information content (AvgIpc) is 3.66. The number of benzene rings is 8. The van der Waals surface area contributed by atoms with E-state index in [1.54, 1.807) is 0 Å². The van der Waals surface area contributed by atoms with Crippen LogP contribution in [-0.4, -0.2) is 15.0 Å². The van der Waals surface area contributed by atoms with Crippen molar-refractivity contribution in [1.29, 1.82) is 0 Å². The highest BCUT2D eigenvalue weighted by Gasteiger charge is 2.37. The smallest absolute Gasteiger partial charge is 0.164 e. The molecule has 284 valence electrons. The Hall–Kier alpha value is -6.91. The number of nitrogens with zero attached hydrogens (tertiary/aromatic N) is 3. The Balaban J connectivity index is 1.06. The van der Waals surface area contributed by atoms with Gasteiger partial charge in [0.05, 0.1) is 0 Å². The molecule has 0 bridgehead atoms. The van der Waals surface area contributed by atoms with Gasteiger partial charge in [-0.1, -0.05) is 161 Å². The fourth-order valence-corrected chi connectivity index (χ4v) is 9.22. The van der Waals surface area contributed by atoms with Crippen LogP contribution in [0, 0.1) is 0 Å². The van der Waals surface area contributed by atoms with Crippen LogP contribution in [0.25, 0.3) is 99.9 Å². The molecule has 10 aromatic rings. The third kappa shape index (κ3) is 6.10. The van der Waals surface area contributed by atoms with Gasteiger partial charge < -0.3 is 4.42 Å². The van der Waals surface area contributed by atoms with Gasteiger partial charge in [0.1, 0.15) is 11.2 Å². The summed E-state index contributed by atoms with van der Waals surface area (Å²) in [5, 5.41) is 6.80. The molecule has 1 aliphatic carbocycles. The van der Waals surface area contributed by atoms with Gasteiger partial charge in [-0.3, -0.25) is 0 Å². The molecule has 0 radical (unpaired) electrons. The highest BCUT2D eigenvalue weighted by molar-refractivity contribution is 6.12. The van der Waals surface area contributed by atoms with Crippen molar-refractivity contribution in [3.63, 3.8) is 0 Å². The molecule has 2 heterocycles. The number of fused-ring (bicyclic) bond motifs is 6. The molecule has 0 N–H and O–H groups in total. The minimum absolute atomic E-state index is 0.121. The minimum atomic E-state index is 0.121. The zero-order chi connectivity index (χ0) is 39.9. The molecule has 0 amide bonds. The van der Waals surface area contributed by atoms with E-state index in [1.807, 2.05) is 12.1 Å². The van der Waals surface area contributed by atoms with Gasteiger partial charge >= 0.3 is 0 Å². The quantitative estimate of drug-likeness (QED) is 0.175. The lowest BCUT2D eigenvalue weighted by atomic mass is 9.63. The summed E-state index contributed by atoms with van der Waals surface area (Å²) in [5.41, 5.74) is 12.3. The lowest BCUT2D eigenvalue weighted by Gasteiger charge is -2.42. The molecule has 0 saturated heterocycles. The zero-order valence-electron chi connectivity index (χ0n) is 33.8. The number of rotatable bonds is 5. The topological polar surface area (TPSA) is 51.8 Å². The summed E-state index contributed by atoms with van der Waals surface area (Å²) in [6.07, 6.45) is 2.37. The van der Waals surface area contributed by atoms with Crippen molar-refractivity contribution >= 4 is 43.5 Å². The van der Waals surface area contributed by atoms with Crippen LogP contribution in [0.15, 0.2) is 168 Å². The Bertz CT molecular complexity index is 3280. The summed E-state index contributed by atoms with van der Waals surface area (Å²) in [6, 6.07) is 58.3. The second-order valence-corrected chi connectivity index (χ2v) is 17.5. The van der Waals surface area contributed by atoms with Crippen LogP contribution in [0.1, 0.15) is 51.7 Å². The van der Waals surface area contributed by atoms with Crippen LogP contribution in [0.5, 0.6) is 0 Å². The Morgan fingerprint density at radius 2 is 0.915 bits per heavy atom. The summed E-state index contributed by atoms with van der Waals surface area (Å²) in [4.78, 5) is 15.6. The maximum absolute atomic E-state index is 6.55.